The van der Waals surface area contributed by atoms with E-state index in [1.807, 2.05) is 19.1 Å². The minimum absolute atomic E-state index is 0.276. The Bertz CT molecular complexity index is 1610. The van der Waals surface area contributed by atoms with Crippen molar-refractivity contribution < 1.29 is 32.9 Å². The van der Waals surface area contributed by atoms with Gasteiger partial charge in [0.1, 0.15) is 30.5 Å². The van der Waals surface area contributed by atoms with Crippen LogP contribution in [0.1, 0.15) is 17.5 Å². The van der Waals surface area contributed by atoms with Crippen LogP contribution < -0.4 is 29.6 Å². The highest BCUT2D eigenvalue weighted by molar-refractivity contribution is 5.95. The molecule has 1 saturated heterocycles. The second-order valence-corrected chi connectivity index (χ2v) is 10.6. The molecule has 3 aromatic carbocycles. The predicted molar refractivity (Wildman–Crippen MR) is 164 cm³/mol. The number of morpholine rings is 1. The lowest BCUT2D eigenvalue weighted by Gasteiger charge is -2.26. The highest BCUT2D eigenvalue weighted by Gasteiger charge is 2.25. The molecule has 0 aliphatic carbocycles. The van der Waals surface area contributed by atoms with Crippen molar-refractivity contribution in [3.63, 3.8) is 0 Å². The van der Waals surface area contributed by atoms with Crippen LogP contribution in [0.2, 0.25) is 0 Å². The molecule has 0 saturated carbocycles. The van der Waals surface area contributed by atoms with Crippen molar-refractivity contribution in [2.24, 2.45) is 0 Å². The van der Waals surface area contributed by atoms with Crippen molar-refractivity contribution in [2.75, 3.05) is 58.0 Å². The first kappa shape index (κ1) is 29.5. The summed E-state index contributed by atoms with van der Waals surface area (Å²) in [5, 5.41) is 6.29. The number of carbonyl (C=O) groups excluding carboxylic acids is 1. The minimum atomic E-state index is -0.370. The Hall–Kier alpha value is -4.61. The normalized spacial score (nSPS) is 14.7. The van der Waals surface area contributed by atoms with E-state index in [2.05, 4.69) is 20.5 Å². The second kappa shape index (κ2) is 13.8. The van der Waals surface area contributed by atoms with Crippen LogP contribution in [0.25, 0.3) is 10.9 Å². The van der Waals surface area contributed by atoms with Gasteiger partial charge in [-0.05, 0) is 60.9 Å². The highest BCUT2D eigenvalue weighted by atomic mass is 19.1. The number of nitrogens with one attached hydrogen (secondary N) is 2. The zero-order valence-electron chi connectivity index (χ0n) is 24.6. The number of ether oxygens (including phenoxy) is 5. The van der Waals surface area contributed by atoms with E-state index in [4.69, 9.17) is 23.7 Å². The Morgan fingerprint density at radius 3 is 2.55 bits per heavy atom. The number of benzene rings is 3. The molecule has 1 fully saturated rings. The molecule has 0 radical (unpaired) electrons. The minimum Gasteiger partial charge on any atom is -0.489 e. The lowest BCUT2D eigenvalue weighted by Crippen LogP contribution is -2.37. The molecule has 0 bridgehead atoms. The number of carbonyl (C=O) groups is 1. The zero-order valence-corrected chi connectivity index (χ0v) is 24.6. The lowest BCUT2D eigenvalue weighted by molar-refractivity contribution is 0.0357. The maximum Gasteiger partial charge on any atom is 0.319 e. The average Bonchev–Trinajstić information content (AvgIpc) is 3.04. The van der Waals surface area contributed by atoms with Gasteiger partial charge >= 0.3 is 6.03 Å². The van der Waals surface area contributed by atoms with E-state index in [0.717, 1.165) is 50.4 Å². The molecule has 0 spiro atoms. The van der Waals surface area contributed by atoms with E-state index in [1.165, 1.54) is 12.1 Å². The quantitative estimate of drug-likeness (QED) is 0.224. The number of amides is 2. The van der Waals surface area contributed by atoms with Crippen LogP contribution in [-0.4, -0.2) is 68.6 Å². The van der Waals surface area contributed by atoms with E-state index >= 15 is 0 Å². The van der Waals surface area contributed by atoms with Crippen molar-refractivity contribution in [1.29, 1.82) is 0 Å². The molecule has 2 amide bonds. The molecule has 44 heavy (non-hydrogen) atoms. The van der Waals surface area contributed by atoms with Crippen LogP contribution in [0, 0.1) is 12.7 Å². The number of anilines is 1. The highest BCUT2D eigenvalue weighted by Crippen LogP contribution is 2.48. The predicted octanol–water partition coefficient (Wildman–Crippen LogP) is 5.67. The summed E-state index contributed by atoms with van der Waals surface area (Å²) >= 11 is 0. The Morgan fingerprint density at radius 1 is 0.955 bits per heavy atom. The summed E-state index contributed by atoms with van der Waals surface area (Å²) in [6.45, 7) is 7.93. The third kappa shape index (κ3) is 7.12. The number of rotatable bonds is 10. The van der Waals surface area contributed by atoms with Crippen molar-refractivity contribution >= 4 is 22.6 Å². The standard InChI is InChI=1S/C33H35FN4O6/c1-22-19-25(37-33(39)36-21-23-3-5-24(34)6-4-23)7-8-27(22)44-28-9-10-35-26-20-29(31-32(30(26)28)43-18-17-42-31)41-14-2-11-38-12-15-40-16-13-38/h3-10,19-20H,2,11-18,21H2,1H3,(H2,36,37,39). The number of urea groups is 1. The largest absolute Gasteiger partial charge is 0.489 e. The van der Waals surface area contributed by atoms with Crippen LogP contribution in [-0.2, 0) is 11.3 Å². The fourth-order valence-electron chi connectivity index (χ4n) is 5.18. The topological polar surface area (TPSA) is 103 Å². The number of aryl methyl sites for hydroxylation is 1. The molecule has 3 heterocycles. The van der Waals surface area contributed by atoms with Crippen molar-refractivity contribution in [1.82, 2.24) is 15.2 Å². The van der Waals surface area contributed by atoms with Gasteiger partial charge in [0.05, 0.1) is 30.7 Å². The summed E-state index contributed by atoms with van der Waals surface area (Å²) in [6, 6.07) is 14.7. The fraction of sp³-hybridized carbons (Fsp3) is 0.333. The molecule has 0 atom stereocenters. The maximum absolute atomic E-state index is 13.1. The molecule has 11 heteroatoms. The van der Waals surface area contributed by atoms with Crippen LogP contribution >= 0.6 is 0 Å². The van der Waals surface area contributed by atoms with E-state index < -0.39 is 0 Å². The van der Waals surface area contributed by atoms with Gasteiger partial charge in [-0.25, -0.2) is 9.18 Å². The van der Waals surface area contributed by atoms with Gasteiger partial charge in [0.2, 0.25) is 5.75 Å². The zero-order chi connectivity index (χ0) is 30.3. The van der Waals surface area contributed by atoms with Gasteiger partial charge < -0.3 is 34.3 Å². The molecule has 2 N–H and O–H groups in total. The summed E-state index contributed by atoms with van der Waals surface area (Å²) in [4.78, 5) is 19.4. The van der Waals surface area contributed by atoms with Gasteiger partial charge in [-0.3, -0.25) is 9.88 Å². The van der Waals surface area contributed by atoms with Gasteiger partial charge in [-0.15, -0.1) is 0 Å². The average molecular weight is 603 g/mol. The number of fused-ring (bicyclic) bond motifs is 3. The monoisotopic (exact) mass is 602 g/mol. The Balaban J connectivity index is 1.14. The Kier molecular flexibility index (Phi) is 9.23. The second-order valence-electron chi connectivity index (χ2n) is 10.6. The summed E-state index contributed by atoms with van der Waals surface area (Å²) in [7, 11) is 0. The molecule has 2 aliphatic rings. The summed E-state index contributed by atoms with van der Waals surface area (Å²) in [5.74, 6) is 2.56. The first-order chi connectivity index (χ1) is 21.5. The van der Waals surface area contributed by atoms with Gasteiger partial charge in [0.15, 0.2) is 11.5 Å². The Labute approximate surface area is 255 Å². The molecule has 230 valence electrons. The van der Waals surface area contributed by atoms with E-state index in [-0.39, 0.29) is 18.4 Å². The van der Waals surface area contributed by atoms with E-state index in [1.54, 1.807) is 36.5 Å². The van der Waals surface area contributed by atoms with Gasteiger partial charge in [0, 0.05) is 44.1 Å². The SMILES string of the molecule is Cc1cc(NC(=O)NCc2ccc(F)cc2)ccc1Oc1ccnc2cc(OCCCN3CCOCC3)c3c(c12)OCCO3. The van der Waals surface area contributed by atoms with Crippen molar-refractivity contribution in [3.05, 3.63) is 77.7 Å². The van der Waals surface area contributed by atoms with Gasteiger partial charge in [0.25, 0.3) is 0 Å². The molecule has 0 unspecified atom stereocenters. The summed E-state index contributed by atoms with van der Waals surface area (Å²) in [5.41, 5.74) is 2.89. The molecular formula is C33H35FN4O6. The molecule has 10 nitrogen and oxygen atoms in total. The van der Waals surface area contributed by atoms with Crippen molar-refractivity contribution in [2.45, 2.75) is 19.9 Å². The number of nitrogens with zero attached hydrogens (tertiary/aromatic N) is 2. The molecule has 6 rings (SSSR count). The van der Waals surface area contributed by atoms with Gasteiger partial charge in [-0.2, -0.15) is 0 Å². The van der Waals surface area contributed by atoms with Crippen LogP contribution in [0.15, 0.2) is 60.8 Å². The molecule has 2 aliphatic heterocycles. The van der Waals surface area contributed by atoms with Crippen LogP contribution in [0.5, 0.6) is 28.7 Å². The number of halogens is 1. The third-order valence-electron chi connectivity index (χ3n) is 7.44. The smallest absolute Gasteiger partial charge is 0.319 e. The lowest BCUT2D eigenvalue weighted by atomic mass is 10.1. The van der Waals surface area contributed by atoms with Gasteiger partial charge in [-0.1, -0.05) is 12.1 Å². The first-order valence-corrected chi connectivity index (χ1v) is 14.8. The summed E-state index contributed by atoms with van der Waals surface area (Å²) in [6.07, 6.45) is 2.57. The number of pyridine rings is 1. The van der Waals surface area contributed by atoms with E-state index in [9.17, 15) is 9.18 Å². The fourth-order valence-corrected chi connectivity index (χ4v) is 5.18. The van der Waals surface area contributed by atoms with Crippen molar-refractivity contribution in [3.8, 4) is 28.7 Å². The van der Waals surface area contributed by atoms with Crippen LogP contribution in [0.4, 0.5) is 14.9 Å². The number of hydrogen-bond donors (Lipinski definition) is 2. The maximum atomic E-state index is 13.1. The Morgan fingerprint density at radius 2 is 1.75 bits per heavy atom. The summed E-state index contributed by atoms with van der Waals surface area (Å²) < 4.78 is 43.2. The molecular weight excluding hydrogens is 567 g/mol. The first-order valence-electron chi connectivity index (χ1n) is 14.8. The number of aromatic nitrogens is 1. The number of hydrogen-bond acceptors (Lipinski definition) is 8. The molecule has 1 aromatic heterocycles. The van der Waals surface area contributed by atoms with E-state index in [0.29, 0.717) is 65.2 Å². The molecule has 4 aromatic rings. The third-order valence-corrected chi connectivity index (χ3v) is 7.44. The van der Waals surface area contributed by atoms with Crippen LogP contribution in [0.3, 0.4) is 0 Å².